The van der Waals surface area contributed by atoms with Crippen LogP contribution in [-0.4, -0.2) is 55.4 Å². The van der Waals surface area contributed by atoms with Crippen molar-refractivity contribution in [1.82, 2.24) is 4.90 Å². The molecule has 3 rings (SSSR count). The number of ether oxygens (including phenoxy) is 2. The van der Waals surface area contributed by atoms with Gasteiger partial charge in [0.1, 0.15) is 11.2 Å². The summed E-state index contributed by atoms with van der Waals surface area (Å²) in [5.74, 6) is -0.479. The summed E-state index contributed by atoms with van der Waals surface area (Å²) in [6.07, 6.45) is 0.643. The van der Waals surface area contributed by atoms with E-state index in [-0.39, 0.29) is 25.1 Å². The first kappa shape index (κ1) is 16.9. The molecule has 2 amide bonds. The van der Waals surface area contributed by atoms with Crippen molar-refractivity contribution in [3.05, 3.63) is 23.2 Å². The largest absolute Gasteiger partial charge is 0.495 e. The van der Waals surface area contributed by atoms with Gasteiger partial charge in [0, 0.05) is 25.4 Å². The second kappa shape index (κ2) is 6.49. The molecule has 130 valence electrons. The summed E-state index contributed by atoms with van der Waals surface area (Å²) in [4.78, 5) is 25.8. The number of carbonyl (C=O) groups excluding carboxylic acids is 1. The lowest BCUT2D eigenvalue weighted by Gasteiger charge is -2.33. The molecular weight excluding hydrogens is 336 g/mol. The lowest BCUT2D eigenvalue weighted by Crippen LogP contribution is -2.46. The zero-order valence-electron chi connectivity index (χ0n) is 13.3. The summed E-state index contributed by atoms with van der Waals surface area (Å²) in [6.45, 7) is 1.22. The molecule has 7 nitrogen and oxygen atoms in total. The van der Waals surface area contributed by atoms with E-state index in [1.807, 2.05) is 0 Å². The van der Waals surface area contributed by atoms with E-state index in [1.54, 1.807) is 18.2 Å². The third-order valence-electron chi connectivity index (χ3n) is 4.78. The Morgan fingerprint density at radius 2 is 2.29 bits per heavy atom. The van der Waals surface area contributed by atoms with E-state index < -0.39 is 11.4 Å². The zero-order valence-corrected chi connectivity index (χ0v) is 14.0. The van der Waals surface area contributed by atoms with Gasteiger partial charge in [0.15, 0.2) is 0 Å². The number of methoxy groups -OCH3 is 1. The van der Waals surface area contributed by atoms with Crippen molar-refractivity contribution in [3.8, 4) is 5.75 Å². The second-order valence-electron chi connectivity index (χ2n) is 6.16. The molecule has 0 spiro atoms. The number of nitrogens with one attached hydrogen (secondary N) is 1. The van der Waals surface area contributed by atoms with Gasteiger partial charge >= 0.3 is 12.0 Å². The molecule has 0 bridgehead atoms. The maximum atomic E-state index is 12.5. The summed E-state index contributed by atoms with van der Waals surface area (Å²) in [5.41, 5.74) is -0.478. The predicted octanol–water partition coefficient (Wildman–Crippen LogP) is 2.30. The molecule has 1 aromatic rings. The van der Waals surface area contributed by atoms with Gasteiger partial charge in [0.2, 0.25) is 0 Å². The fraction of sp³-hybridized carbons (Fsp3) is 0.500. The molecule has 2 fully saturated rings. The molecule has 24 heavy (non-hydrogen) atoms. The number of aliphatic carboxylic acids is 1. The fourth-order valence-corrected chi connectivity index (χ4v) is 3.65. The monoisotopic (exact) mass is 354 g/mol. The number of rotatable bonds is 3. The molecule has 0 unspecified atom stereocenters. The van der Waals surface area contributed by atoms with Gasteiger partial charge in [-0.25, -0.2) is 4.79 Å². The second-order valence-corrected chi connectivity index (χ2v) is 6.57. The van der Waals surface area contributed by atoms with Crippen molar-refractivity contribution >= 4 is 29.3 Å². The molecule has 2 saturated heterocycles. The highest BCUT2D eigenvalue weighted by atomic mass is 35.5. The SMILES string of the molecule is COc1ccc(NC(=O)N2C[C@@H]3CCOC[C@]3(C(=O)O)C2)cc1Cl. The summed E-state index contributed by atoms with van der Waals surface area (Å²) in [7, 11) is 1.51. The number of hydrogen-bond acceptors (Lipinski definition) is 4. The number of carboxylic acid groups (broad SMARTS) is 1. The van der Waals surface area contributed by atoms with Crippen molar-refractivity contribution in [3.63, 3.8) is 0 Å². The quantitative estimate of drug-likeness (QED) is 0.869. The van der Waals surface area contributed by atoms with E-state index in [0.717, 1.165) is 0 Å². The minimum atomic E-state index is -1.01. The van der Waals surface area contributed by atoms with Crippen LogP contribution in [0, 0.1) is 11.3 Å². The van der Waals surface area contributed by atoms with Crippen LogP contribution in [0.5, 0.6) is 5.75 Å². The molecule has 0 radical (unpaired) electrons. The van der Waals surface area contributed by atoms with Gasteiger partial charge in [0.05, 0.1) is 18.7 Å². The molecule has 0 aromatic heterocycles. The predicted molar refractivity (Wildman–Crippen MR) is 87.6 cm³/mol. The minimum Gasteiger partial charge on any atom is -0.495 e. The number of amides is 2. The molecule has 8 heteroatoms. The number of urea groups is 1. The first-order valence-electron chi connectivity index (χ1n) is 7.67. The average Bonchev–Trinajstić information content (AvgIpc) is 2.96. The number of carbonyl (C=O) groups is 2. The van der Waals surface area contributed by atoms with Crippen LogP contribution in [0.4, 0.5) is 10.5 Å². The highest BCUT2D eigenvalue weighted by Gasteiger charge is 2.55. The van der Waals surface area contributed by atoms with Gasteiger partial charge in [-0.1, -0.05) is 11.6 Å². The van der Waals surface area contributed by atoms with Crippen molar-refractivity contribution in [2.45, 2.75) is 6.42 Å². The summed E-state index contributed by atoms with van der Waals surface area (Å²) in [5, 5.41) is 12.8. The number of benzene rings is 1. The van der Waals surface area contributed by atoms with Crippen LogP contribution in [0.25, 0.3) is 0 Å². The van der Waals surface area contributed by atoms with Crippen molar-refractivity contribution < 1.29 is 24.2 Å². The van der Waals surface area contributed by atoms with Crippen LogP contribution in [-0.2, 0) is 9.53 Å². The minimum absolute atomic E-state index is 0.0889. The fourth-order valence-electron chi connectivity index (χ4n) is 3.39. The van der Waals surface area contributed by atoms with Gasteiger partial charge in [-0.15, -0.1) is 0 Å². The summed E-state index contributed by atoms with van der Waals surface area (Å²) in [6, 6.07) is 4.60. The number of fused-ring (bicyclic) bond motifs is 1. The first-order valence-corrected chi connectivity index (χ1v) is 8.04. The molecule has 2 N–H and O–H groups in total. The number of nitrogens with zero attached hydrogens (tertiary/aromatic N) is 1. The van der Waals surface area contributed by atoms with Gasteiger partial charge in [0.25, 0.3) is 0 Å². The Morgan fingerprint density at radius 1 is 1.50 bits per heavy atom. The van der Waals surface area contributed by atoms with E-state index in [0.29, 0.717) is 36.0 Å². The number of carboxylic acids is 1. The van der Waals surface area contributed by atoms with Crippen LogP contribution in [0.2, 0.25) is 5.02 Å². The number of hydrogen-bond donors (Lipinski definition) is 2. The molecule has 0 saturated carbocycles. The number of likely N-dealkylation sites (tertiary alicyclic amines) is 1. The number of anilines is 1. The molecule has 2 atom stereocenters. The topological polar surface area (TPSA) is 88.1 Å². The molecule has 2 heterocycles. The Bertz CT molecular complexity index is 668. The van der Waals surface area contributed by atoms with Crippen LogP contribution in [0.1, 0.15) is 6.42 Å². The van der Waals surface area contributed by atoms with Crippen LogP contribution < -0.4 is 10.1 Å². The molecule has 0 aliphatic carbocycles. The van der Waals surface area contributed by atoms with Gasteiger partial charge < -0.3 is 24.8 Å². The van der Waals surface area contributed by atoms with E-state index >= 15 is 0 Å². The van der Waals surface area contributed by atoms with E-state index in [9.17, 15) is 14.7 Å². The van der Waals surface area contributed by atoms with Crippen molar-refractivity contribution in [2.75, 3.05) is 38.7 Å². The highest BCUT2D eigenvalue weighted by molar-refractivity contribution is 6.32. The Kier molecular flexibility index (Phi) is 4.56. The van der Waals surface area contributed by atoms with Crippen molar-refractivity contribution in [1.29, 1.82) is 0 Å². The van der Waals surface area contributed by atoms with Crippen LogP contribution >= 0.6 is 11.6 Å². The van der Waals surface area contributed by atoms with E-state index in [4.69, 9.17) is 21.1 Å². The van der Waals surface area contributed by atoms with Crippen LogP contribution in [0.15, 0.2) is 18.2 Å². The van der Waals surface area contributed by atoms with Gasteiger partial charge in [-0.3, -0.25) is 4.79 Å². The third kappa shape index (κ3) is 2.89. The highest BCUT2D eigenvalue weighted by Crippen LogP contribution is 2.41. The smallest absolute Gasteiger partial charge is 0.321 e. The summed E-state index contributed by atoms with van der Waals surface area (Å²) >= 11 is 6.05. The van der Waals surface area contributed by atoms with Crippen molar-refractivity contribution in [2.24, 2.45) is 11.3 Å². The standard InChI is InChI=1S/C16H19ClN2O5/c1-23-13-3-2-11(6-12(13)17)18-15(22)19-7-10-4-5-24-9-16(10,8-19)14(20)21/h2-3,6,10H,4-5,7-9H2,1H3,(H,18,22)(H,20,21)/t10-,16+/m0/s1. The molecule has 2 aliphatic rings. The Labute approximate surface area is 144 Å². The number of halogens is 1. The Hall–Kier alpha value is -1.99. The Balaban J connectivity index is 1.72. The molecular formula is C16H19ClN2O5. The van der Waals surface area contributed by atoms with E-state index in [1.165, 1.54) is 12.0 Å². The van der Waals surface area contributed by atoms with Crippen LogP contribution in [0.3, 0.4) is 0 Å². The normalized spacial score (nSPS) is 25.9. The first-order chi connectivity index (χ1) is 11.5. The molecule has 1 aromatic carbocycles. The lowest BCUT2D eigenvalue weighted by molar-refractivity contribution is -0.159. The lowest BCUT2D eigenvalue weighted by atomic mass is 9.76. The van der Waals surface area contributed by atoms with E-state index in [2.05, 4.69) is 5.32 Å². The van der Waals surface area contributed by atoms with Gasteiger partial charge in [-0.05, 0) is 30.5 Å². The maximum absolute atomic E-state index is 12.5. The third-order valence-corrected chi connectivity index (χ3v) is 5.08. The zero-order chi connectivity index (χ0) is 17.3. The Morgan fingerprint density at radius 3 is 2.92 bits per heavy atom. The summed E-state index contributed by atoms with van der Waals surface area (Å²) < 4.78 is 10.4. The van der Waals surface area contributed by atoms with Gasteiger partial charge in [-0.2, -0.15) is 0 Å². The maximum Gasteiger partial charge on any atom is 0.321 e. The average molecular weight is 355 g/mol. The molecule has 2 aliphatic heterocycles.